The van der Waals surface area contributed by atoms with Gasteiger partial charge in [-0.25, -0.2) is 5.01 Å². The van der Waals surface area contributed by atoms with Crippen molar-refractivity contribution in [2.24, 2.45) is 5.10 Å². The lowest BCUT2D eigenvalue weighted by molar-refractivity contribution is -0.152. The summed E-state index contributed by atoms with van der Waals surface area (Å²) in [4.78, 5) is 28.1. The van der Waals surface area contributed by atoms with Gasteiger partial charge in [0.15, 0.2) is 11.5 Å². The Kier molecular flexibility index (Phi) is 6.72. The first-order valence-electron chi connectivity index (χ1n) is 12.3. The highest BCUT2D eigenvalue weighted by atomic mass is 16.7. The summed E-state index contributed by atoms with van der Waals surface area (Å²) < 4.78 is 16.3. The van der Waals surface area contributed by atoms with Crippen LogP contribution in [0.15, 0.2) is 47.6 Å². The van der Waals surface area contributed by atoms with E-state index < -0.39 is 0 Å². The first-order valence-corrected chi connectivity index (χ1v) is 12.3. The van der Waals surface area contributed by atoms with Crippen LogP contribution in [0.25, 0.3) is 0 Å². The number of benzene rings is 2. The third-order valence-corrected chi connectivity index (χ3v) is 6.84. The van der Waals surface area contributed by atoms with Gasteiger partial charge in [0.25, 0.3) is 5.91 Å². The number of amides is 1. The van der Waals surface area contributed by atoms with Crippen molar-refractivity contribution < 1.29 is 23.8 Å². The number of rotatable bonds is 6. The van der Waals surface area contributed by atoms with Gasteiger partial charge in [0.1, 0.15) is 6.04 Å². The Morgan fingerprint density at radius 3 is 2.69 bits per heavy atom. The fraction of sp³-hybridized carbons (Fsp3) is 0.444. The Morgan fingerprint density at radius 1 is 1.09 bits per heavy atom. The topological polar surface area (TPSA) is 80.7 Å². The zero-order valence-corrected chi connectivity index (χ0v) is 20.2. The summed E-state index contributed by atoms with van der Waals surface area (Å²) >= 11 is 0. The lowest BCUT2D eigenvalue weighted by atomic mass is 9.97. The summed E-state index contributed by atoms with van der Waals surface area (Å²) in [5.41, 5.74) is 3.97. The van der Waals surface area contributed by atoms with E-state index in [2.05, 4.69) is 12.1 Å². The van der Waals surface area contributed by atoms with E-state index in [0.29, 0.717) is 37.5 Å². The third kappa shape index (κ3) is 4.89. The van der Waals surface area contributed by atoms with E-state index in [-0.39, 0.29) is 37.3 Å². The average Bonchev–Trinajstić information content (AvgIpc) is 3.52. The SMILES string of the molecule is CCOC(=O)[C@H]1CCCCN1CC(=O)N1N=C(c2ccc(C)cc2)C[C@H]1c1ccc2c(c1)OCO2. The van der Waals surface area contributed by atoms with Crippen molar-refractivity contribution in [2.45, 2.75) is 51.6 Å². The number of hydrogen-bond donors (Lipinski definition) is 0. The van der Waals surface area contributed by atoms with Gasteiger partial charge in [0.05, 0.1) is 24.9 Å². The molecule has 0 bridgehead atoms. The highest BCUT2D eigenvalue weighted by Gasteiger charge is 2.37. The molecule has 5 rings (SSSR count). The molecular formula is C27H31N3O5. The van der Waals surface area contributed by atoms with E-state index in [0.717, 1.165) is 29.7 Å². The number of piperidine rings is 1. The first kappa shape index (κ1) is 23.4. The van der Waals surface area contributed by atoms with Gasteiger partial charge in [-0.3, -0.25) is 14.5 Å². The van der Waals surface area contributed by atoms with Crippen LogP contribution in [0.3, 0.4) is 0 Å². The molecule has 0 aliphatic carbocycles. The monoisotopic (exact) mass is 477 g/mol. The summed E-state index contributed by atoms with van der Waals surface area (Å²) in [7, 11) is 0. The third-order valence-electron chi connectivity index (χ3n) is 6.84. The van der Waals surface area contributed by atoms with Crippen molar-refractivity contribution in [3.8, 4) is 11.5 Å². The van der Waals surface area contributed by atoms with Crippen molar-refractivity contribution >= 4 is 17.6 Å². The minimum absolute atomic E-state index is 0.120. The highest BCUT2D eigenvalue weighted by Crippen LogP contribution is 2.39. The van der Waals surface area contributed by atoms with Crippen LogP contribution in [0.2, 0.25) is 0 Å². The molecule has 0 saturated carbocycles. The molecule has 184 valence electrons. The number of likely N-dealkylation sites (tertiary alicyclic amines) is 1. The quantitative estimate of drug-likeness (QED) is 0.589. The molecule has 0 radical (unpaired) electrons. The molecule has 0 N–H and O–H groups in total. The van der Waals surface area contributed by atoms with E-state index in [4.69, 9.17) is 19.3 Å². The molecule has 0 aromatic heterocycles. The second kappa shape index (κ2) is 10.1. The van der Waals surface area contributed by atoms with Crippen LogP contribution in [0.4, 0.5) is 0 Å². The van der Waals surface area contributed by atoms with Crippen LogP contribution in [0, 0.1) is 6.92 Å². The molecule has 1 saturated heterocycles. The highest BCUT2D eigenvalue weighted by molar-refractivity contribution is 6.03. The van der Waals surface area contributed by atoms with Crippen LogP contribution in [0.1, 0.15) is 55.3 Å². The lowest BCUT2D eigenvalue weighted by Crippen LogP contribution is -2.49. The lowest BCUT2D eigenvalue weighted by Gasteiger charge is -2.34. The van der Waals surface area contributed by atoms with E-state index in [9.17, 15) is 9.59 Å². The van der Waals surface area contributed by atoms with Crippen LogP contribution < -0.4 is 9.47 Å². The number of esters is 1. The Morgan fingerprint density at radius 2 is 1.89 bits per heavy atom. The second-order valence-corrected chi connectivity index (χ2v) is 9.22. The van der Waals surface area contributed by atoms with Crippen molar-refractivity contribution in [1.82, 2.24) is 9.91 Å². The standard InChI is InChI=1S/C27H31N3O5/c1-3-33-27(32)22-6-4-5-13-29(22)16-26(31)30-23(20-11-12-24-25(14-20)35-17-34-24)15-21(28-30)19-9-7-18(2)8-10-19/h7-12,14,22-23H,3-6,13,15-17H2,1-2H3/t22-,23+/m1/s1. The second-order valence-electron chi connectivity index (χ2n) is 9.22. The number of nitrogens with zero attached hydrogens (tertiary/aromatic N) is 3. The van der Waals surface area contributed by atoms with Crippen LogP contribution in [-0.4, -0.2) is 60.0 Å². The molecule has 2 atom stereocenters. The van der Waals surface area contributed by atoms with Gasteiger partial charge in [0.2, 0.25) is 6.79 Å². The van der Waals surface area contributed by atoms with Gasteiger partial charge < -0.3 is 14.2 Å². The molecule has 8 heteroatoms. The molecule has 3 aliphatic heterocycles. The molecule has 0 unspecified atom stereocenters. The molecule has 3 heterocycles. The summed E-state index contributed by atoms with van der Waals surface area (Å²) in [5, 5.41) is 6.38. The van der Waals surface area contributed by atoms with Crippen molar-refractivity contribution in [2.75, 3.05) is 26.5 Å². The molecule has 35 heavy (non-hydrogen) atoms. The molecule has 1 amide bonds. The smallest absolute Gasteiger partial charge is 0.323 e. The number of aryl methyl sites for hydroxylation is 1. The van der Waals surface area contributed by atoms with E-state index in [1.807, 2.05) is 42.2 Å². The number of hydrazone groups is 1. The van der Waals surface area contributed by atoms with Crippen molar-refractivity contribution in [3.63, 3.8) is 0 Å². The molecule has 0 spiro atoms. The molecule has 2 aromatic rings. The van der Waals surface area contributed by atoms with Crippen molar-refractivity contribution in [1.29, 1.82) is 0 Å². The van der Waals surface area contributed by atoms with Crippen LogP contribution >= 0.6 is 0 Å². The number of fused-ring (bicyclic) bond motifs is 1. The van der Waals surface area contributed by atoms with Gasteiger partial charge >= 0.3 is 5.97 Å². The zero-order chi connectivity index (χ0) is 24.4. The summed E-state index contributed by atoms with van der Waals surface area (Å²) in [6.45, 7) is 5.18. The molecule has 3 aliphatic rings. The van der Waals surface area contributed by atoms with Gasteiger partial charge in [-0.05, 0) is 56.5 Å². The molecule has 8 nitrogen and oxygen atoms in total. The maximum Gasteiger partial charge on any atom is 0.323 e. The number of hydrogen-bond acceptors (Lipinski definition) is 7. The number of carbonyl (C=O) groups excluding carboxylic acids is 2. The van der Waals surface area contributed by atoms with E-state index in [1.165, 1.54) is 5.56 Å². The predicted molar refractivity (Wildman–Crippen MR) is 130 cm³/mol. The van der Waals surface area contributed by atoms with E-state index >= 15 is 0 Å². The maximum atomic E-state index is 13.7. The Hall–Kier alpha value is -3.39. The fourth-order valence-corrected chi connectivity index (χ4v) is 4.97. The molecule has 2 aromatic carbocycles. The molecular weight excluding hydrogens is 446 g/mol. The fourth-order valence-electron chi connectivity index (χ4n) is 4.97. The normalized spacial score (nSPS) is 21.7. The maximum absolute atomic E-state index is 13.7. The van der Waals surface area contributed by atoms with E-state index in [1.54, 1.807) is 11.9 Å². The van der Waals surface area contributed by atoms with Gasteiger partial charge in [-0.1, -0.05) is 42.3 Å². The van der Waals surface area contributed by atoms with Gasteiger partial charge in [-0.2, -0.15) is 5.10 Å². The molecule has 1 fully saturated rings. The number of ether oxygens (including phenoxy) is 3. The van der Waals surface area contributed by atoms with Gasteiger partial charge in [0, 0.05) is 6.42 Å². The zero-order valence-electron chi connectivity index (χ0n) is 20.2. The largest absolute Gasteiger partial charge is 0.465 e. The Labute approximate surface area is 205 Å². The van der Waals surface area contributed by atoms with Crippen LogP contribution in [0.5, 0.6) is 11.5 Å². The predicted octanol–water partition coefficient (Wildman–Crippen LogP) is 3.82. The first-order chi connectivity index (χ1) is 17.0. The minimum Gasteiger partial charge on any atom is -0.465 e. The van der Waals surface area contributed by atoms with Crippen LogP contribution in [-0.2, 0) is 14.3 Å². The average molecular weight is 478 g/mol. The summed E-state index contributed by atoms with van der Waals surface area (Å²) in [6.07, 6.45) is 3.20. The minimum atomic E-state index is -0.389. The summed E-state index contributed by atoms with van der Waals surface area (Å²) in [5.74, 6) is 0.996. The summed E-state index contributed by atoms with van der Waals surface area (Å²) in [6, 6.07) is 13.3. The Bertz CT molecular complexity index is 1130. The van der Waals surface area contributed by atoms with Crippen molar-refractivity contribution in [3.05, 3.63) is 59.2 Å². The number of carbonyl (C=O) groups is 2. The Balaban J connectivity index is 1.42. The van der Waals surface area contributed by atoms with Gasteiger partial charge in [-0.15, -0.1) is 0 Å².